The van der Waals surface area contributed by atoms with Crippen molar-refractivity contribution in [3.05, 3.63) is 78.6 Å². The zero-order valence-electron chi connectivity index (χ0n) is 17.5. The molecule has 0 radical (unpaired) electrons. The number of nitrogens with one attached hydrogen (secondary N) is 3. The van der Waals surface area contributed by atoms with Crippen molar-refractivity contribution in [1.29, 1.82) is 0 Å². The van der Waals surface area contributed by atoms with Crippen molar-refractivity contribution >= 4 is 16.0 Å². The smallest absolute Gasteiger partial charge is 0.240 e. The van der Waals surface area contributed by atoms with Crippen LogP contribution in [0.25, 0.3) is 5.69 Å². The number of aliphatic imine (C=N–C) groups is 1. The Morgan fingerprint density at radius 2 is 1.77 bits per heavy atom. The second-order valence-corrected chi connectivity index (χ2v) is 8.53. The van der Waals surface area contributed by atoms with Gasteiger partial charge in [-0.25, -0.2) is 17.8 Å². The molecule has 3 N–H and O–H groups in total. The third-order valence-corrected chi connectivity index (χ3v) is 5.96. The molecule has 0 saturated carbocycles. The topological polar surface area (TPSA) is 100 Å². The molecule has 0 spiro atoms. The van der Waals surface area contributed by atoms with Crippen LogP contribution in [0.3, 0.4) is 0 Å². The van der Waals surface area contributed by atoms with Crippen molar-refractivity contribution in [1.82, 2.24) is 25.1 Å². The predicted octanol–water partition coefficient (Wildman–Crippen LogP) is 1.95. The Morgan fingerprint density at radius 3 is 2.45 bits per heavy atom. The molecule has 164 valence electrons. The summed E-state index contributed by atoms with van der Waals surface area (Å²) in [5.74, 6) is 0.662. The van der Waals surface area contributed by atoms with Crippen LogP contribution in [-0.4, -0.2) is 50.3 Å². The molecule has 0 aliphatic rings. The lowest BCUT2D eigenvalue weighted by Gasteiger charge is -2.12. The summed E-state index contributed by atoms with van der Waals surface area (Å²) >= 11 is 0. The summed E-state index contributed by atoms with van der Waals surface area (Å²) in [7, 11) is -3.51. The number of hydrogen-bond acceptors (Lipinski definition) is 4. The number of sulfonamides is 1. The van der Waals surface area contributed by atoms with E-state index in [2.05, 4.69) is 37.6 Å². The van der Waals surface area contributed by atoms with Crippen molar-refractivity contribution in [3.8, 4) is 5.69 Å². The summed E-state index contributed by atoms with van der Waals surface area (Å²) in [6.45, 7) is 3.98. The number of rotatable bonds is 10. The molecular formula is C22H28N6O2S. The van der Waals surface area contributed by atoms with Crippen LogP contribution in [0.5, 0.6) is 0 Å². The molecule has 31 heavy (non-hydrogen) atoms. The van der Waals surface area contributed by atoms with Gasteiger partial charge in [-0.15, -0.1) is 0 Å². The van der Waals surface area contributed by atoms with E-state index in [1.54, 1.807) is 36.5 Å². The van der Waals surface area contributed by atoms with Crippen LogP contribution >= 0.6 is 0 Å². The van der Waals surface area contributed by atoms with Crippen LogP contribution in [0, 0.1) is 0 Å². The maximum absolute atomic E-state index is 12.2. The van der Waals surface area contributed by atoms with Crippen LogP contribution in [0.1, 0.15) is 12.5 Å². The number of aromatic nitrogens is 2. The Bertz CT molecular complexity index is 1050. The minimum absolute atomic E-state index is 0.225. The van der Waals surface area contributed by atoms with Crippen molar-refractivity contribution in [2.24, 2.45) is 4.99 Å². The zero-order valence-corrected chi connectivity index (χ0v) is 18.3. The summed E-state index contributed by atoms with van der Waals surface area (Å²) in [6, 6.07) is 18.5. The molecule has 3 rings (SSSR count). The van der Waals surface area contributed by atoms with Crippen molar-refractivity contribution in [2.75, 3.05) is 26.2 Å². The first-order chi connectivity index (χ1) is 15.1. The van der Waals surface area contributed by atoms with Crippen LogP contribution in [0.4, 0.5) is 0 Å². The molecule has 0 atom stereocenters. The Balaban J connectivity index is 1.45. The van der Waals surface area contributed by atoms with Crippen LogP contribution in [0.15, 0.2) is 82.9 Å². The number of guanidine groups is 1. The monoisotopic (exact) mass is 440 g/mol. The molecular weight excluding hydrogens is 412 g/mol. The van der Waals surface area contributed by atoms with Gasteiger partial charge in [0.2, 0.25) is 10.0 Å². The highest BCUT2D eigenvalue weighted by Crippen LogP contribution is 2.09. The highest BCUT2D eigenvalue weighted by molar-refractivity contribution is 7.89. The Labute approximate surface area is 183 Å². The first-order valence-electron chi connectivity index (χ1n) is 10.2. The minimum atomic E-state index is -3.51. The lowest BCUT2D eigenvalue weighted by molar-refractivity contribution is 0.582. The first-order valence-corrected chi connectivity index (χ1v) is 11.7. The molecule has 0 unspecified atom stereocenters. The molecule has 0 aliphatic heterocycles. The fourth-order valence-electron chi connectivity index (χ4n) is 2.93. The predicted molar refractivity (Wildman–Crippen MR) is 123 cm³/mol. The van der Waals surface area contributed by atoms with Crippen LogP contribution in [0.2, 0.25) is 0 Å². The summed E-state index contributed by atoms with van der Waals surface area (Å²) < 4.78 is 28.9. The fourth-order valence-corrected chi connectivity index (χ4v) is 3.98. The van der Waals surface area contributed by atoms with Gasteiger partial charge in [-0.2, -0.15) is 5.10 Å². The van der Waals surface area contributed by atoms with E-state index in [4.69, 9.17) is 0 Å². The third kappa shape index (κ3) is 6.94. The van der Waals surface area contributed by atoms with Gasteiger partial charge in [-0.3, -0.25) is 4.99 Å². The molecule has 8 nitrogen and oxygen atoms in total. The van der Waals surface area contributed by atoms with Crippen molar-refractivity contribution in [2.45, 2.75) is 18.2 Å². The van der Waals surface area contributed by atoms with Crippen molar-refractivity contribution in [3.63, 3.8) is 0 Å². The van der Waals surface area contributed by atoms with Crippen LogP contribution in [-0.2, 0) is 16.4 Å². The number of hydrogen-bond donors (Lipinski definition) is 3. The number of nitrogens with zero attached hydrogens (tertiary/aromatic N) is 3. The van der Waals surface area contributed by atoms with Gasteiger partial charge >= 0.3 is 0 Å². The highest BCUT2D eigenvalue weighted by Gasteiger charge is 2.11. The standard InChI is InChI=1S/C22H28N6O2S/c1-2-23-22(25-16-17-27-31(29,30)21-7-4-3-5-8-21)24-15-13-19-9-11-20(12-10-19)28-18-6-14-26-28/h3-12,14,18,27H,2,13,15-17H2,1H3,(H2,23,24,25). The molecule has 3 aromatic rings. The van der Waals surface area contributed by atoms with Gasteiger partial charge in [-0.1, -0.05) is 30.3 Å². The molecule has 0 saturated heterocycles. The maximum atomic E-state index is 12.2. The van der Waals surface area contributed by atoms with Crippen molar-refractivity contribution < 1.29 is 8.42 Å². The molecule has 1 aromatic heterocycles. The molecule has 0 amide bonds. The molecule has 0 bridgehead atoms. The molecule has 0 aliphatic carbocycles. The van der Waals surface area contributed by atoms with E-state index in [9.17, 15) is 8.42 Å². The Hall–Kier alpha value is -3.17. The normalized spacial score (nSPS) is 12.0. The largest absolute Gasteiger partial charge is 0.357 e. The first kappa shape index (κ1) is 22.5. The average molecular weight is 441 g/mol. The van der Waals surface area contributed by atoms with E-state index < -0.39 is 10.0 Å². The molecule has 0 fully saturated rings. The van der Waals surface area contributed by atoms with Gasteiger partial charge < -0.3 is 10.6 Å². The maximum Gasteiger partial charge on any atom is 0.240 e. The average Bonchev–Trinajstić information content (AvgIpc) is 3.33. The zero-order chi connectivity index (χ0) is 21.9. The van der Waals surface area contributed by atoms with Gasteiger partial charge in [0.25, 0.3) is 0 Å². The van der Waals surface area contributed by atoms with Gasteiger partial charge in [-0.05, 0) is 49.2 Å². The summed E-state index contributed by atoms with van der Waals surface area (Å²) in [5, 5.41) is 10.7. The van der Waals surface area contributed by atoms with E-state index >= 15 is 0 Å². The quantitative estimate of drug-likeness (QED) is 0.254. The number of benzene rings is 2. The van der Waals surface area contributed by atoms with E-state index in [1.807, 2.05) is 36.0 Å². The second kappa shape index (κ2) is 11.3. The Morgan fingerprint density at radius 1 is 1.00 bits per heavy atom. The lowest BCUT2D eigenvalue weighted by atomic mass is 10.1. The Kier molecular flexibility index (Phi) is 8.19. The third-order valence-electron chi connectivity index (χ3n) is 4.48. The SMILES string of the molecule is CCNC(=NCCNS(=O)(=O)c1ccccc1)NCCc1ccc(-n2cccn2)cc1. The van der Waals surface area contributed by atoms with E-state index in [-0.39, 0.29) is 11.4 Å². The van der Waals surface area contributed by atoms with Gasteiger partial charge in [0.1, 0.15) is 0 Å². The van der Waals surface area contributed by atoms with E-state index in [0.717, 1.165) is 18.7 Å². The molecule has 9 heteroatoms. The summed E-state index contributed by atoms with van der Waals surface area (Å²) in [5.41, 5.74) is 2.23. The highest BCUT2D eigenvalue weighted by atomic mass is 32.2. The van der Waals surface area contributed by atoms with Gasteiger partial charge in [0.05, 0.1) is 17.1 Å². The van der Waals surface area contributed by atoms with E-state index in [1.165, 1.54) is 5.56 Å². The lowest BCUT2D eigenvalue weighted by Crippen LogP contribution is -2.39. The molecule has 2 aromatic carbocycles. The van der Waals surface area contributed by atoms with Crippen LogP contribution < -0.4 is 15.4 Å². The second-order valence-electron chi connectivity index (χ2n) is 6.77. The minimum Gasteiger partial charge on any atom is -0.357 e. The summed E-state index contributed by atoms with van der Waals surface area (Å²) in [4.78, 5) is 4.70. The van der Waals surface area contributed by atoms with E-state index in [0.29, 0.717) is 19.0 Å². The molecule has 1 heterocycles. The summed E-state index contributed by atoms with van der Waals surface area (Å²) in [6.07, 6.45) is 4.51. The van der Waals surface area contributed by atoms with Gasteiger partial charge in [0, 0.05) is 32.0 Å². The fraction of sp³-hybridized carbons (Fsp3) is 0.273. The van der Waals surface area contributed by atoms with Gasteiger partial charge in [0.15, 0.2) is 5.96 Å².